The third-order valence-electron chi connectivity index (χ3n) is 2.56. The molecule has 0 radical (unpaired) electrons. The SMILES string of the molecule is CCC(F)(F)c1cc2c(cc1C)OCO2. The fourth-order valence-electron chi connectivity index (χ4n) is 1.63. The van der Waals surface area contributed by atoms with E-state index in [9.17, 15) is 8.78 Å². The lowest BCUT2D eigenvalue weighted by Gasteiger charge is -2.17. The van der Waals surface area contributed by atoms with Crippen LogP contribution in [0.4, 0.5) is 8.78 Å². The minimum absolute atomic E-state index is 0.0225. The molecule has 0 atom stereocenters. The number of benzene rings is 1. The van der Waals surface area contributed by atoms with Gasteiger partial charge in [0.15, 0.2) is 11.5 Å². The molecule has 1 aromatic carbocycles. The van der Waals surface area contributed by atoms with Gasteiger partial charge in [0.1, 0.15) is 0 Å². The van der Waals surface area contributed by atoms with Gasteiger partial charge >= 0.3 is 0 Å². The molecule has 0 aliphatic carbocycles. The third kappa shape index (κ3) is 1.64. The van der Waals surface area contributed by atoms with Crippen LogP contribution in [0, 0.1) is 6.92 Å². The van der Waals surface area contributed by atoms with Crippen molar-refractivity contribution >= 4 is 0 Å². The molecule has 0 amide bonds. The van der Waals surface area contributed by atoms with E-state index in [4.69, 9.17) is 9.47 Å². The van der Waals surface area contributed by atoms with Crippen molar-refractivity contribution in [3.63, 3.8) is 0 Å². The zero-order valence-electron chi connectivity index (χ0n) is 8.64. The van der Waals surface area contributed by atoms with E-state index in [1.54, 1.807) is 13.0 Å². The Bertz CT molecular complexity index is 388. The Morgan fingerprint density at radius 1 is 1.27 bits per heavy atom. The second-order valence-electron chi connectivity index (χ2n) is 3.58. The molecule has 0 saturated carbocycles. The van der Waals surface area contributed by atoms with Gasteiger partial charge in [-0.3, -0.25) is 0 Å². The van der Waals surface area contributed by atoms with E-state index in [1.165, 1.54) is 13.0 Å². The van der Waals surface area contributed by atoms with Crippen molar-refractivity contribution in [2.45, 2.75) is 26.2 Å². The maximum absolute atomic E-state index is 13.5. The van der Waals surface area contributed by atoms with Gasteiger partial charge in [0.2, 0.25) is 6.79 Å². The molecule has 2 nitrogen and oxygen atoms in total. The predicted molar refractivity (Wildman–Crippen MR) is 51.5 cm³/mol. The largest absolute Gasteiger partial charge is 0.454 e. The highest BCUT2D eigenvalue weighted by Gasteiger charge is 2.32. The Labute approximate surface area is 86.8 Å². The number of ether oxygens (including phenoxy) is 2. The van der Waals surface area contributed by atoms with Crippen molar-refractivity contribution < 1.29 is 18.3 Å². The number of fused-ring (bicyclic) bond motifs is 1. The van der Waals surface area contributed by atoms with Gasteiger partial charge in [-0.05, 0) is 24.6 Å². The van der Waals surface area contributed by atoms with Crippen molar-refractivity contribution in [2.24, 2.45) is 0 Å². The van der Waals surface area contributed by atoms with Crippen LogP contribution in [0.15, 0.2) is 12.1 Å². The fraction of sp³-hybridized carbons (Fsp3) is 0.455. The highest BCUT2D eigenvalue weighted by molar-refractivity contribution is 5.49. The zero-order chi connectivity index (χ0) is 11.1. The Balaban J connectivity index is 2.49. The van der Waals surface area contributed by atoms with Crippen LogP contribution in [-0.2, 0) is 5.92 Å². The maximum Gasteiger partial charge on any atom is 0.273 e. The van der Waals surface area contributed by atoms with Crippen LogP contribution in [0.25, 0.3) is 0 Å². The predicted octanol–water partition coefficient (Wildman–Crippen LogP) is 3.23. The first kappa shape index (κ1) is 10.2. The average Bonchev–Trinajstić information content (AvgIpc) is 2.63. The summed E-state index contributed by atoms with van der Waals surface area (Å²) < 4.78 is 37.2. The second kappa shape index (κ2) is 3.36. The Kier molecular flexibility index (Phi) is 2.29. The number of alkyl halides is 2. The zero-order valence-corrected chi connectivity index (χ0v) is 8.64. The summed E-state index contributed by atoms with van der Waals surface area (Å²) in [5, 5.41) is 0. The van der Waals surface area contributed by atoms with Gasteiger partial charge in [-0.15, -0.1) is 0 Å². The molecule has 0 N–H and O–H groups in total. The van der Waals surface area contributed by atoms with Crippen LogP contribution >= 0.6 is 0 Å². The average molecular weight is 214 g/mol. The van der Waals surface area contributed by atoms with Gasteiger partial charge in [-0.2, -0.15) is 0 Å². The van der Waals surface area contributed by atoms with E-state index in [0.29, 0.717) is 17.1 Å². The molecule has 1 aliphatic rings. The van der Waals surface area contributed by atoms with Gasteiger partial charge in [-0.1, -0.05) is 6.92 Å². The molecule has 0 bridgehead atoms. The lowest BCUT2D eigenvalue weighted by Crippen LogP contribution is -2.13. The van der Waals surface area contributed by atoms with E-state index < -0.39 is 5.92 Å². The van der Waals surface area contributed by atoms with Gasteiger partial charge in [0.05, 0.1) is 0 Å². The summed E-state index contributed by atoms with van der Waals surface area (Å²) in [5.41, 5.74) is 0.556. The van der Waals surface area contributed by atoms with Crippen molar-refractivity contribution in [2.75, 3.05) is 6.79 Å². The summed E-state index contributed by atoms with van der Waals surface area (Å²) in [6.07, 6.45) is -0.215. The summed E-state index contributed by atoms with van der Waals surface area (Å²) in [7, 11) is 0. The first-order valence-electron chi connectivity index (χ1n) is 4.83. The van der Waals surface area contributed by atoms with Crippen molar-refractivity contribution in [1.82, 2.24) is 0 Å². The molecule has 2 rings (SSSR count). The summed E-state index contributed by atoms with van der Waals surface area (Å²) in [4.78, 5) is 0. The van der Waals surface area contributed by atoms with Crippen LogP contribution in [0.3, 0.4) is 0 Å². The van der Waals surface area contributed by atoms with Crippen molar-refractivity contribution in [3.8, 4) is 11.5 Å². The maximum atomic E-state index is 13.5. The molecule has 0 saturated heterocycles. The normalized spacial score (nSPS) is 14.4. The summed E-state index contributed by atoms with van der Waals surface area (Å²) in [6, 6.07) is 2.97. The van der Waals surface area contributed by atoms with Gasteiger partial charge in [0, 0.05) is 12.0 Å². The van der Waals surface area contributed by atoms with Gasteiger partial charge in [-0.25, -0.2) is 8.78 Å². The molecule has 0 unspecified atom stereocenters. The lowest BCUT2D eigenvalue weighted by molar-refractivity contribution is -0.00904. The molecule has 1 aromatic rings. The van der Waals surface area contributed by atoms with E-state index >= 15 is 0 Å². The monoisotopic (exact) mass is 214 g/mol. The smallest absolute Gasteiger partial charge is 0.273 e. The second-order valence-corrected chi connectivity index (χ2v) is 3.58. The Morgan fingerprint density at radius 2 is 1.87 bits per heavy atom. The van der Waals surface area contributed by atoms with Crippen molar-refractivity contribution in [3.05, 3.63) is 23.3 Å². The molecule has 1 heterocycles. The Morgan fingerprint density at radius 3 is 2.47 bits per heavy atom. The van der Waals surface area contributed by atoms with E-state index in [0.717, 1.165) is 0 Å². The minimum atomic E-state index is -2.80. The van der Waals surface area contributed by atoms with Gasteiger partial charge in [0.25, 0.3) is 5.92 Å². The molecular weight excluding hydrogens is 202 g/mol. The molecule has 15 heavy (non-hydrogen) atoms. The van der Waals surface area contributed by atoms with Crippen LogP contribution in [0.2, 0.25) is 0 Å². The first-order valence-corrected chi connectivity index (χ1v) is 4.83. The van der Waals surface area contributed by atoms with Gasteiger partial charge < -0.3 is 9.47 Å². The number of hydrogen-bond acceptors (Lipinski definition) is 2. The number of aryl methyl sites for hydroxylation is 1. The van der Waals surface area contributed by atoms with E-state index in [2.05, 4.69) is 0 Å². The molecule has 0 aromatic heterocycles. The molecule has 0 fully saturated rings. The van der Waals surface area contributed by atoms with E-state index in [1.807, 2.05) is 0 Å². The number of hydrogen-bond donors (Lipinski definition) is 0. The molecule has 82 valence electrons. The van der Waals surface area contributed by atoms with E-state index in [-0.39, 0.29) is 18.8 Å². The van der Waals surface area contributed by atoms with Crippen LogP contribution in [0.1, 0.15) is 24.5 Å². The number of rotatable bonds is 2. The third-order valence-corrected chi connectivity index (χ3v) is 2.56. The minimum Gasteiger partial charge on any atom is -0.454 e. The van der Waals surface area contributed by atoms with Crippen LogP contribution in [0.5, 0.6) is 11.5 Å². The highest BCUT2D eigenvalue weighted by Crippen LogP contribution is 2.41. The standard InChI is InChI=1S/C11H12F2O2/c1-3-11(12,13)8-5-10-9(4-7(8)2)14-6-15-10/h4-5H,3,6H2,1-2H3. The molecule has 0 spiro atoms. The fourth-order valence-corrected chi connectivity index (χ4v) is 1.63. The quantitative estimate of drug-likeness (QED) is 0.752. The van der Waals surface area contributed by atoms with Crippen LogP contribution < -0.4 is 9.47 Å². The molecule has 1 aliphatic heterocycles. The number of halogens is 2. The molecule has 4 heteroatoms. The topological polar surface area (TPSA) is 18.5 Å². The Hall–Kier alpha value is -1.32. The molecular formula is C11H12F2O2. The summed E-state index contributed by atoms with van der Waals surface area (Å²) in [6.45, 7) is 3.22. The summed E-state index contributed by atoms with van der Waals surface area (Å²) in [5.74, 6) is -1.85. The van der Waals surface area contributed by atoms with Crippen molar-refractivity contribution in [1.29, 1.82) is 0 Å². The highest BCUT2D eigenvalue weighted by atomic mass is 19.3. The lowest BCUT2D eigenvalue weighted by atomic mass is 10.00. The first-order chi connectivity index (χ1) is 7.04. The van der Waals surface area contributed by atoms with Crippen LogP contribution in [-0.4, -0.2) is 6.79 Å². The summed E-state index contributed by atoms with van der Waals surface area (Å²) >= 11 is 0.